The first-order valence-corrected chi connectivity index (χ1v) is 8.90. The van der Waals surface area contributed by atoms with Crippen molar-refractivity contribution in [2.45, 2.75) is 25.8 Å². The maximum atomic E-state index is 12.4. The molecule has 1 unspecified atom stereocenters. The molecule has 0 aliphatic carbocycles. The lowest BCUT2D eigenvalue weighted by molar-refractivity contribution is 0.0931. The van der Waals surface area contributed by atoms with E-state index in [0.717, 1.165) is 30.8 Å². The highest BCUT2D eigenvalue weighted by Crippen LogP contribution is 2.30. The molecule has 1 saturated heterocycles. The van der Waals surface area contributed by atoms with Gasteiger partial charge in [0.1, 0.15) is 5.56 Å². The number of hydrogen-bond donors (Lipinski definition) is 2. The van der Waals surface area contributed by atoms with Crippen LogP contribution in [0.3, 0.4) is 0 Å². The van der Waals surface area contributed by atoms with Gasteiger partial charge >= 0.3 is 0 Å². The summed E-state index contributed by atoms with van der Waals surface area (Å²) in [4.78, 5) is 29.4. The van der Waals surface area contributed by atoms with E-state index in [1.165, 1.54) is 12.3 Å². The van der Waals surface area contributed by atoms with Crippen LogP contribution in [0.4, 0.5) is 5.69 Å². The molecule has 0 spiro atoms. The highest BCUT2D eigenvalue weighted by atomic mass is 35.5. The summed E-state index contributed by atoms with van der Waals surface area (Å²) in [5.41, 5.74) is 1.48. The summed E-state index contributed by atoms with van der Waals surface area (Å²) in [6.45, 7) is 3.27. The van der Waals surface area contributed by atoms with Crippen molar-refractivity contribution in [3.63, 3.8) is 0 Å². The minimum Gasteiger partial charge on any atom is -0.368 e. The number of aromatic amines is 1. The van der Waals surface area contributed by atoms with Gasteiger partial charge in [-0.05, 0) is 38.0 Å². The molecule has 1 atom stereocenters. The fraction of sp³-hybridized carbons (Fsp3) is 0.333. The Hall–Kier alpha value is -1.98. The Morgan fingerprint density at radius 3 is 2.84 bits per heavy atom. The molecule has 1 amide bonds. The minimum absolute atomic E-state index is 0.0475. The summed E-state index contributed by atoms with van der Waals surface area (Å²) in [5.74, 6) is -0.352. The SMILES string of the molecule is Cc1cc(=O)c(C(=O)NC2CCCN(c3ccc(Cl)cc3Cl)C2)c[nH]1. The number of anilines is 1. The summed E-state index contributed by atoms with van der Waals surface area (Å²) >= 11 is 12.2. The summed E-state index contributed by atoms with van der Waals surface area (Å²) < 4.78 is 0. The van der Waals surface area contributed by atoms with E-state index in [1.54, 1.807) is 19.1 Å². The summed E-state index contributed by atoms with van der Waals surface area (Å²) in [6, 6.07) is 6.78. The number of H-pyrrole nitrogens is 1. The van der Waals surface area contributed by atoms with Gasteiger partial charge < -0.3 is 15.2 Å². The number of nitrogens with zero attached hydrogens (tertiary/aromatic N) is 1. The van der Waals surface area contributed by atoms with E-state index in [9.17, 15) is 9.59 Å². The van der Waals surface area contributed by atoms with E-state index in [1.807, 2.05) is 6.07 Å². The monoisotopic (exact) mass is 379 g/mol. The van der Waals surface area contributed by atoms with Crippen LogP contribution in [-0.4, -0.2) is 30.0 Å². The average Bonchev–Trinajstić information content (AvgIpc) is 2.55. The van der Waals surface area contributed by atoms with Gasteiger partial charge in [0.2, 0.25) is 0 Å². The molecular formula is C18H19Cl2N3O2. The number of nitrogens with one attached hydrogen (secondary N) is 2. The average molecular weight is 380 g/mol. The van der Waals surface area contributed by atoms with Crippen molar-refractivity contribution < 1.29 is 4.79 Å². The highest BCUT2D eigenvalue weighted by molar-refractivity contribution is 6.36. The molecule has 7 heteroatoms. The van der Waals surface area contributed by atoms with Crippen LogP contribution < -0.4 is 15.6 Å². The van der Waals surface area contributed by atoms with E-state index in [2.05, 4.69) is 15.2 Å². The third-order valence-electron chi connectivity index (χ3n) is 4.31. The topological polar surface area (TPSA) is 65.2 Å². The van der Waals surface area contributed by atoms with Gasteiger partial charge in [0.05, 0.1) is 10.7 Å². The Morgan fingerprint density at radius 1 is 1.32 bits per heavy atom. The smallest absolute Gasteiger partial charge is 0.257 e. The van der Waals surface area contributed by atoms with E-state index in [-0.39, 0.29) is 22.9 Å². The normalized spacial score (nSPS) is 17.4. The Balaban J connectivity index is 1.71. The Labute approximate surface area is 155 Å². The molecule has 0 bridgehead atoms. The number of hydrogen-bond acceptors (Lipinski definition) is 3. The number of aromatic nitrogens is 1. The van der Waals surface area contributed by atoms with Crippen molar-refractivity contribution in [2.24, 2.45) is 0 Å². The largest absolute Gasteiger partial charge is 0.368 e. The number of carbonyl (C=O) groups is 1. The van der Waals surface area contributed by atoms with Crippen LogP contribution in [0.5, 0.6) is 0 Å². The fourth-order valence-corrected chi connectivity index (χ4v) is 3.59. The summed E-state index contributed by atoms with van der Waals surface area (Å²) in [7, 11) is 0. The second kappa shape index (κ2) is 7.50. The van der Waals surface area contributed by atoms with E-state index in [4.69, 9.17) is 23.2 Å². The minimum atomic E-state index is -0.352. The molecule has 1 aliphatic heterocycles. The quantitative estimate of drug-likeness (QED) is 0.858. The van der Waals surface area contributed by atoms with Gasteiger partial charge in [-0.25, -0.2) is 0 Å². The molecule has 25 heavy (non-hydrogen) atoms. The number of aryl methyl sites for hydroxylation is 1. The van der Waals surface area contributed by atoms with Gasteiger partial charge in [-0.3, -0.25) is 9.59 Å². The zero-order valence-electron chi connectivity index (χ0n) is 13.8. The third kappa shape index (κ3) is 4.17. The van der Waals surface area contributed by atoms with Gasteiger partial charge in [0.25, 0.3) is 5.91 Å². The highest BCUT2D eigenvalue weighted by Gasteiger charge is 2.24. The molecule has 1 aliphatic rings. The zero-order chi connectivity index (χ0) is 18.0. The lowest BCUT2D eigenvalue weighted by atomic mass is 10.0. The van der Waals surface area contributed by atoms with Crippen molar-refractivity contribution in [3.05, 3.63) is 62.0 Å². The molecular weight excluding hydrogens is 361 g/mol. The van der Waals surface area contributed by atoms with Gasteiger partial charge in [0.15, 0.2) is 5.43 Å². The van der Waals surface area contributed by atoms with Crippen molar-refractivity contribution in [1.82, 2.24) is 10.3 Å². The fourth-order valence-electron chi connectivity index (χ4n) is 3.07. The molecule has 2 heterocycles. The van der Waals surface area contributed by atoms with Crippen LogP contribution in [0.2, 0.25) is 10.0 Å². The van der Waals surface area contributed by atoms with Crippen molar-refractivity contribution >= 4 is 34.8 Å². The van der Waals surface area contributed by atoms with Crippen LogP contribution in [0.1, 0.15) is 28.9 Å². The van der Waals surface area contributed by atoms with Gasteiger partial charge in [-0.15, -0.1) is 0 Å². The molecule has 3 rings (SSSR count). The van der Waals surface area contributed by atoms with Crippen LogP contribution in [0.15, 0.2) is 35.3 Å². The lowest BCUT2D eigenvalue weighted by Crippen LogP contribution is -2.48. The number of amides is 1. The van der Waals surface area contributed by atoms with Crippen LogP contribution >= 0.6 is 23.2 Å². The van der Waals surface area contributed by atoms with Crippen molar-refractivity contribution in [3.8, 4) is 0 Å². The first-order valence-electron chi connectivity index (χ1n) is 8.14. The Morgan fingerprint density at radius 2 is 2.12 bits per heavy atom. The Bertz CT molecular complexity index is 850. The molecule has 1 aromatic heterocycles. The molecule has 1 aromatic carbocycles. The standard InChI is InChI=1S/C18H19Cl2N3O2/c1-11-7-17(24)14(9-21-11)18(25)22-13-3-2-6-23(10-13)16-5-4-12(19)8-15(16)20/h4-5,7-9,13H,2-3,6,10H2,1H3,(H,21,24)(H,22,25). The number of carbonyl (C=O) groups excluding carboxylic acids is 1. The maximum absolute atomic E-state index is 12.4. The second-order valence-electron chi connectivity index (χ2n) is 6.25. The van der Waals surface area contributed by atoms with Crippen LogP contribution in [0.25, 0.3) is 0 Å². The molecule has 2 aromatic rings. The zero-order valence-corrected chi connectivity index (χ0v) is 15.3. The van der Waals surface area contributed by atoms with Crippen LogP contribution in [0, 0.1) is 6.92 Å². The first kappa shape index (κ1) is 17.8. The van der Waals surface area contributed by atoms with E-state index in [0.29, 0.717) is 16.6 Å². The summed E-state index contributed by atoms with van der Waals surface area (Å²) in [6.07, 6.45) is 3.25. The number of pyridine rings is 1. The van der Waals surface area contributed by atoms with Crippen molar-refractivity contribution in [2.75, 3.05) is 18.0 Å². The molecule has 5 nitrogen and oxygen atoms in total. The molecule has 132 valence electrons. The summed E-state index contributed by atoms with van der Waals surface area (Å²) in [5, 5.41) is 4.14. The molecule has 1 fully saturated rings. The number of halogens is 2. The van der Waals surface area contributed by atoms with Crippen LogP contribution in [-0.2, 0) is 0 Å². The Kier molecular flexibility index (Phi) is 5.35. The number of piperidine rings is 1. The predicted molar refractivity (Wildman–Crippen MR) is 101 cm³/mol. The molecule has 2 N–H and O–H groups in total. The van der Waals surface area contributed by atoms with Crippen molar-refractivity contribution in [1.29, 1.82) is 0 Å². The van der Waals surface area contributed by atoms with Gasteiger partial charge in [-0.1, -0.05) is 23.2 Å². The molecule has 0 saturated carbocycles. The predicted octanol–water partition coefficient (Wildman–Crippen LogP) is 3.39. The van der Waals surface area contributed by atoms with Gasteiger partial charge in [0, 0.05) is 42.1 Å². The molecule has 0 radical (unpaired) electrons. The third-order valence-corrected chi connectivity index (χ3v) is 4.85. The number of rotatable bonds is 3. The van der Waals surface area contributed by atoms with E-state index >= 15 is 0 Å². The van der Waals surface area contributed by atoms with E-state index < -0.39 is 0 Å². The maximum Gasteiger partial charge on any atom is 0.257 e. The lowest BCUT2D eigenvalue weighted by Gasteiger charge is -2.35. The first-order chi connectivity index (χ1) is 11.9. The number of benzene rings is 1. The second-order valence-corrected chi connectivity index (χ2v) is 7.09. The van der Waals surface area contributed by atoms with Gasteiger partial charge in [-0.2, -0.15) is 0 Å².